The largest absolute Gasteiger partial charge is 0.497 e. The van der Waals surface area contributed by atoms with Crippen LogP contribution in [-0.4, -0.2) is 46.7 Å². The predicted molar refractivity (Wildman–Crippen MR) is 109 cm³/mol. The second-order valence-electron chi connectivity index (χ2n) is 7.34. The van der Waals surface area contributed by atoms with Gasteiger partial charge in [-0.1, -0.05) is 12.1 Å². The number of methoxy groups -OCH3 is 1. The van der Waals surface area contributed by atoms with Crippen molar-refractivity contribution in [1.29, 1.82) is 0 Å². The lowest BCUT2D eigenvalue weighted by Crippen LogP contribution is -3.11. The average Bonchev–Trinajstić information content (AvgIpc) is 3.23. The van der Waals surface area contributed by atoms with Crippen LogP contribution in [0.1, 0.15) is 34.8 Å². The summed E-state index contributed by atoms with van der Waals surface area (Å²) >= 11 is 0. The fourth-order valence-electron chi connectivity index (χ4n) is 3.72. The Labute approximate surface area is 161 Å². The van der Waals surface area contributed by atoms with Crippen LogP contribution < -0.4 is 19.9 Å². The number of likely N-dealkylation sites (tertiary alicyclic amines) is 1. The summed E-state index contributed by atoms with van der Waals surface area (Å²) < 4.78 is 5.16. The lowest BCUT2D eigenvalue weighted by atomic mass is 10.0. The smallest absolute Gasteiger partial charge is 0.251 e. The number of ether oxygens (including phenoxy) is 1. The molecule has 0 radical (unpaired) electrons. The maximum Gasteiger partial charge on any atom is 0.251 e. The van der Waals surface area contributed by atoms with Crippen molar-refractivity contribution >= 4 is 11.6 Å². The van der Waals surface area contributed by atoms with Gasteiger partial charge >= 0.3 is 0 Å². The summed E-state index contributed by atoms with van der Waals surface area (Å²) in [6, 6.07) is 16.2. The van der Waals surface area contributed by atoms with Gasteiger partial charge < -0.3 is 19.9 Å². The van der Waals surface area contributed by atoms with E-state index >= 15 is 0 Å². The van der Waals surface area contributed by atoms with E-state index in [1.165, 1.54) is 37.2 Å². The molecule has 1 aliphatic heterocycles. The van der Waals surface area contributed by atoms with E-state index in [-0.39, 0.29) is 11.9 Å². The molecule has 3 rings (SSSR count). The highest BCUT2D eigenvalue weighted by Crippen LogP contribution is 2.17. The summed E-state index contributed by atoms with van der Waals surface area (Å²) in [7, 11) is 5.72. The van der Waals surface area contributed by atoms with Crippen molar-refractivity contribution in [3.05, 3.63) is 59.7 Å². The maximum absolute atomic E-state index is 12.6. The topological polar surface area (TPSA) is 46.0 Å². The molecule has 144 valence electrons. The van der Waals surface area contributed by atoms with Crippen LogP contribution in [0.3, 0.4) is 0 Å². The number of nitrogens with zero attached hydrogens (tertiary/aromatic N) is 1. The number of nitrogens with one attached hydrogen (secondary N) is 2. The second-order valence-corrected chi connectivity index (χ2v) is 7.34. The molecule has 0 spiro atoms. The van der Waals surface area contributed by atoms with Crippen LogP contribution in [0.25, 0.3) is 0 Å². The molecule has 1 fully saturated rings. The number of hydrogen-bond acceptors (Lipinski definition) is 3. The molecule has 5 nitrogen and oxygen atoms in total. The van der Waals surface area contributed by atoms with E-state index in [1.54, 1.807) is 24.1 Å². The highest BCUT2D eigenvalue weighted by atomic mass is 16.5. The minimum atomic E-state index is -0.0360. The van der Waals surface area contributed by atoms with Crippen LogP contribution in [0.15, 0.2) is 48.5 Å². The third-order valence-electron chi connectivity index (χ3n) is 5.37. The number of carbonyl (C=O) groups excluding carboxylic acids is 1. The predicted octanol–water partition coefficient (Wildman–Crippen LogP) is 1.91. The van der Waals surface area contributed by atoms with Crippen LogP contribution in [-0.2, 0) is 0 Å². The lowest BCUT2D eigenvalue weighted by Gasteiger charge is -2.26. The number of benzene rings is 2. The number of rotatable bonds is 7. The molecular formula is C22H30N3O2+. The molecule has 0 aromatic heterocycles. The van der Waals surface area contributed by atoms with Crippen molar-refractivity contribution in [1.82, 2.24) is 5.32 Å². The summed E-state index contributed by atoms with van der Waals surface area (Å²) in [6.07, 6.45) is 2.52. The van der Waals surface area contributed by atoms with Crippen LogP contribution in [0, 0.1) is 0 Å². The molecule has 1 saturated heterocycles. The third kappa shape index (κ3) is 4.80. The molecule has 0 saturated carbocycles. The number of anilines is 1. The quantitative estimate of drug-likeness (QED) is 0.785. The van der Waals surface area contributed by atoms with Gasteiger partial charge in [-0.05, 0) is 36.4 Å². The standard InChI is InChI=1S/C22H29N3O2/c1-24(2)19-10-6-17(7-11-19)21(25-14-4-5-15-25)16-23-22(26)18-8-12-20(27-3)13-9-18/h6-13,21H,4-5,14-16H2,1-3H3,(H,23,26)/p+1/t21-/m1/s1. The van der Waals surface area contributed by atoms with E-state index in [2.05, 4.69) is 34.5 Å². The van der Waals surface area contributed by atoms with Crippen LogP contribution in [0.2, 0.25) is 0 Å². The summed E-state index contributed by atoms with van der Waals surface area (Å²) in [5, 5.41) is 3.14. The van der Waals surface area contributed by atoms with E-state index in [4.69, 9.17) is 4.74 Å². The van der Waals surface area contributed by atoms with Gasteiger partial charge in [-0.3, -0.25) is 4.79 Å². The highest BCUT2D eigenvalue weighted by molar-refractivity contribution is 5.94. The molecule has 1 atom stereocenters. The van der Waals surface area contributed by atoms with Gasteiger partial charge in [0.15, 0.2) is 0 Å². The zero-order chi connectivity index (χ0) is 19.2. The molecule has 2 aromatic carbocycles. The van der Waals surface area contributed by atoms with Crippen molar-refractivity contribution in [2.45, 2.75) is 18.9 Å². The molecule has 5 heteroatoms. The summed E-state index contributed by atoms with van der Waals surface area (Å²) in [5.41, 5.74) is 3.14. The monoisotopic (exact) mass is 368 g/mol. The van der Waals surface area contributed by atoms with Gasteiger partial charge in [0.25, 0.3) is 5.91 Å². The summed E-state index contributed by atoms with van der Waals surface area (Å²) in [4.78, 5) is 16.2. The Kier molecular flexibility index (Phi) is 6.35. The van der Waals surface area contributed by atoms with Gasteiger partial charge in [0.2, 0.25) is 0 Å². The van der Waals surface area contributed by atoms with Gasteiger partial charge in [-0.25, -0.2) is 0 Å². The average molecular weight is 369 g/mol. The minimum Gasteiger partial charge on any atom is -0.497 e. The Morgan fingerprint density at radius 3 is 2.26 bits per heavy atom. The van der Waals surface area contributed by atoms with E-state index in [9.17, 15) is 4.79 Å². The number of amides is 1. The molecule has 1 aliphatic rings. The van der Waals surface area contributed by atoms with Gasteiger partial charge in [0.05, 0.1) is 26.7 Å². The van der Waals surface area contributed by atoms with Crippen molar-refractivity contribution in [2.24, 2.45) is 0 Å². The van der Waals surface area contributed by atoms with E-state index < -0.39 is 0 Å². The number of carbonyl (C=O) groups is 1. The highest BCUT2D eigenvalue weighted by Gasteiger charge is 2.28. The fourth-order valence-corrected chi connectivity index (χ4v) is 3.72. The van der Waals surface area contributed by atoms with Crippen molar-refractivity contribution in [3.8, 4) is 5.75 Å². The van der Waals surface area contributed by atoms with E-state index in [0.29, 0.717) is 12.1 Å². The molecule has 2 N–H and O–H groups in total. The normalized spacial score (nSPS) is 15.4. The number of quaternary nitrogens is 1. The molecule has 0 unspecified atom stereocenters. The lowest BCUT2D eigenvalue weighted by molar-refractivity contribution is -0.918. The Morgan fingerprint density at radius 2 is 1.70 bits per heavy atom. The first kappa shape index (κ1) is 19.2. The third-order valence-corrected chi connectivity index (χ3v) is 5.37. The zero-order valence-electron chi connectivity index (χ0n) is 16.5. The number of hydrogen-bond donors (Lipinski definition) is 2. The molecule has 0 bridgehead atoms. The van der Waals surface area contributed by atoms with Crippen molar-refractivity contribution < 1.29 is 14.4 Å². The van der Waals surface area contributed by atoms with Gasteiger partial charge in [-0.2, -0.15) is 0 Å². The Hall–Kier alpha value is -2.53. The Balaban J connectivity index is 1.70. The first-order valence-electron chi connectivity index (χ1n) is 9.62. The van der Waals surface area contributed by atoms with Crippen LogP contribution >= 0.6 is 0 Å². The molecule has 1 heterocycles. The maximum atomic E-state index is 12.6. The van der Waals surface area contributed by atoms with Crippen molar-refractivity contribution in [2.75, 3.05) is 45.7 Å². The fraction of sp³-hybridized carbons (Fsp3) is 0.409. The first-order valence-corrected chi connectivity index (χ1v) is 9.62. The molecule has 1 amide bonds. The first-order chi connectivity index (χ1) is 13.1. The summed E-state index contributed by atoms with van der Waals surface area (Å²) in [5.74, 6) is 0.720. The SMILES string of the molecule is COc1ccc(C(=O)NC[C@H](c2ccc(N(C)C)cc2)[NH+]2CCCC2)cc1. The molecule has 0 aliphatic carbocycles. The second kappa shape index (κ2) is 8.91. The van der Waals surface area contributed by atoms with E-state index in [1.807, 2.05) is 26.2 Å². The molecule has 27 heavy (non-hydrogen) atoms. The summed E-state index contributed by atoms with van der Waals surface area (Å²) in [6.45, 7) is 2.97. The van der Waals surface area contributed by atoms with Gasteiger partial charge in [-0.15, -0.1) is 0 Å². The Morgan fingerprint density at radius 1 is 1.07 bits per heavy atom. The van der Waals surface area contributed by atoms with Gasteiger partial charge in [0, 0.05) is 43.8 Å². The Bertz CT molecular complexity index is 735. The molecular weight excluding hydrogens is 338 g/mol. The zero-order valence-corrected chi connectivity index (χ0v) is 16.5. The van der Waals surface area contributed by atoms with E-state index in [0.717, 1.165) is 5.75 Å². The van der Waals surface area contributed by atoms with Crippen LogP contribution in [0.5, 0.6) is 5.75 Å². The minimum absolute atomic E-state index is 0.0360. The van der Waals surface area contributed by atoms with Crippen LogP contribution in [0.4, 0.5) is 5.69 Å². The van der Waals surface area contributed by atoms with Crippen molar-refractivity contribution in [3.63, 3.8) is 0 Å². The molecule has 2 aromatic rings. The van der Waals surface area contributed by atoms with Gasteiger partial charge in [0.1, 0.15) is 11.8 Å².